The summed E-state index contributed by atoms with van der Waals surface area (Å²) in [6, 6.07) is -1.01. The van der Waals surface area contributed by atoms with E-state index in [4.69, 9.17) is 37.9 Å². The van der Waals surface area contributed by atoms with Gasteiger partial charge in [0, 0.05) is 103 Å². The third kappa shape index (κ3) is 26.5. The van der Waals surface area contributed by atoms with Crippen molar-refractivity contribution in [3.63, 3.8) is 0 Å². The molecule has 3 fully saturated rings. The Labute approximate surface area is 482 Å². The van der Waals surface area contributed by atoms with Crippen molar-refractivity contribution in [2.45, 2.75) is 204 Å². The number of nitrogens with one attached hydrogen (secondary N) is 4. The van der Waals surface area contributed by atoms with Crippen molar-refractivity contribution in [3.05, 3.63) is 0 Å². The molecule has 478 valence electrons. The van der Waals surface area contributed by atoms with E-state index in [0.717, 1.165) is 12.8 Å². The normalized spacial score (nSPS) is 28.7. The number of aliphatic hydroxyl groups is 9. The zero-order valence-electron chi connectivity index (χ0n) is 48.7. The quantitative estimate of drug-likeness (QED) is 0.0289. The van der Waals surface area contributed by atoms with Crippen molar-refractivity contribution in [3.8, 4) is 0 Å². The standard InChI is InChI=1S/C55H101N5O22/c1-5-6-25-75-30-31-76-29-19-45(67)59-38(15-7-11-20-56-42(64)16-8-12-26-77-53-35(2)46(68)49(71)39(32-61)80-53)52(74)60(23-21-57-43(65)17-9-13-27-78-54-36(3)47(69)50(72)40(33-62)81-54)24-22-58-44(66)18-10-14-28-79-55-37(4)48(70)51(73)41(34-63)82-55/h35-41,46-51,53-55,61-63,68-73H,5-34H2,1-4H3,(H,56,64)(H,57,65)(H,58,66)(H,59,67). The molecule has 82 heavy (non-hydrogen) atoms. The van der Waals surface area contributed by atoms with E-state index in [0.29, 0.717) is 71.1 Å². The first-order valence-electron chi connectivity index (χ1n) is 29.6. The van der Waals surface area contributed by atoms with Crippen LogP contribution in [0.3, 0.4) is 0 Å². The summed E-state index contributed by atoms with van der Waals surface area (Å²) < 4.78 is 45.2. The van der Waals surface area contributed by atoms with Gasteiger partial charge in [0.1, 0.15) is 42.7 Å². The molecule has 27 heteroatoms. The first-order valence-corrected chi connectivity index (χ1v) is 29.6. The van der Waals surface area contributed by atoms with Gasteiger partial charge in [0.05, 0.1) is 58.0 Å². The van der Waals surface area contributed by atoms with Gasteiger partial charge in [-0.3, -0.25) is 24.0 Å². The van der Waals surface area contributed by atoms with Crippen LogP contribution in [0.2, 0.25) is 0 Å². The highest BCUT2D eigenvalue weighted by molar-refractivity contribution is 5.88. The van der Waals surface area contributed by atoms with Gasteiger partial charge in [-0.25, -0.2) is 0 Å². The highest BCUT2D eigenvalue weighted by atomic mass is 16.7. The molecule has 0 saturated carbocycles. The minimum atomic E-state index is -1.25. The number of amides is 5. The number of hydrogen-bond donors (Lipinski definition) is 13. The molecule has 0 radical (unpaired) electrons. The molecule has 0 aliphatic carbocycles. The Bertz CT molecular complexity index is 1710. The smallest absolute Gasteiger partial charge is 0.245 e. The Hall–Kier alpha value is -3.33. The van der Waals surface area contributed by atoms with Crippen LogP contribution in [0.25, 0.3) is 0 Å². The predicted molar refractivity (Wildman–Crippen MR) is 293 cm³/mol. The molecule has 16 atom stereocenters. The number of carbonyl (C=O) groups excluding carboxylic acids is 5. The summed E-state index contributed by atoms with van der Waals surface area (Å²) >= 11 is 0. The van der Waals surface area contributed by atoms with Crippen LogP contribution in [0.1, 0.15) is 124 Å². The van der Waals surface area contributed by atoms with Crippen LogP contribution >= 0.6 is 0 Å². The lowest BCUT2D eigenvalue weighted by atomic mass is 9.92. The van der Waals surface area contributed by atoms with Crippen molar-refractivity contribution in [1.82, 2.24) is 26.2 Å². The summed E-state index contributed by atoms with van der Waals surface area (Å²) in [5.74, 6) is -3.32. The maximum atomic E-state index is 14.5. The number of rotatable bonds is 43. The highest BCUT2D eigenvalue weighted by Gasteiger charge is 2.44. The lowest BCUT2D eigenvalue weighted by molar-refractivity contribution is -0.282. The van der Waals surface area contributed by atoms with Crippen LogP contribution < -0.4 is 21.3 Å². The second-order valence-corrected chi connectivity index (χ2v) is 21.5. The summed E-state index contributed by atoms with van der Waals surface area (Å²) in [5, 5.41) is 101. The molecule has 0 aromatic carbocycles. The second kappa shape index (κ2) is 41.7. The zero-order chi connectivity index (χ0) is 60.4. The van der Waals surface area contributed by atoms with Gasteiger partial charge < -0.3 is 110 Å². The van der Waals surface area contributed by atoms with E-state index in [9.17, 15) is 69.9 Å². The van der Waals surface area contributed by atoms with Gasteiger partial charge in [0.15, 0.2) is 18.9 Å². The van der Waals surface area contributed by atoms with Crippen LogP contribution in [-0.2, 0) is 61.9 Å². The van der Waals surface area contributed by atoms with Gasteiger partial charge in [-0.2, -0.15) is 0 Å². The summed E-state index contributed by atoms with van der Waals surface area (Å²) in [5.41, 5.74) is 0. The first-order chi connectivity index (χ1) is 39.4. The largest absolute Gasteiger partial charge is 0.394 e. The topological polar surface area (TPSA) is 393 Å². The van der Waals surface area contributed by atoms with Crippen LogP contribution in [0.5, 0.6) is 0 Å². The SMILES string of the molecule is CCCCOCCOCCC(=O)NC(CCCCNC(=O)CCCCOC1OC(CO)C(O)C(O)C1C)C(=O)N(CCNC(=O)CCCCOC1OC(CO)C(O)C(O)C1C)CCNC(=O)CCCCOC1OC(CO)C(O)C(O)C1C. The van der Waals surface area contributed by atoms with Gasteiger partial charge >= 0.3 is 0 Å². The summed E-state index contributed by atoms with van der Waals surface area (Å²) in [6.45, 7) is 7.96. The number of aliphatic hydroxyl groups excluding tert-OH is 9. The van der Waals surface area contributed by atoms with Crippen molar-refractivity contribution in [2.24, 2.45) is 17.8 Å². The number of carbonyl (C=O) groups is 5. The molecule has 3 rings (SSSR count). The van der Waals surface area contributed by atoms with Crippen LogP contribution in [0, 0.1) is 17.8 Å². The molecule has 0 bridgehead atoms. The minimum Gasteiger partial charge on any atom is -0.394 e. The predicted octanol–water partition coefficient (Wildman–Crippen LogP) is -2.17. The summed E-state index contributed by atoms with van der Waals surface area (Å²) in [7, 11) is 0. The minimum absolute atomic E-state index is 0.0259. The number of ether oxygens (including phenoxy) is 8. The molecular weight excluding hydrogens is 1080 g/mol. The van der Waals surface area contributed by atoms with Gasteiger partial charge in [0.25, 0.3) is 0 Å². The van der Waals surface area contributed by atoms with E-state index in [1.807, 2.05) is 0 Å². The lowest BCUT2D eigenvalue weighted by Crippen LogP contribution is -2.55. The van der Waals surface area contributed by atoms with Gasteiger partial charge in [-0.15, -0.1) is 0 Å². The molecule has 3 aliphatic rings. The summed E-state index contributed by atoms with van der Waals surface area (Å²) in [4.78, 5) is 68.1. The Morgan fingerprint density at radius 2 is 0.841 bits per heavy atom. The number of hydrogen-bond acceptors (Lipinski definition) is 22. The average molecular weight is 1180 g/mol. The fourth-order valence-electron chi connectivity index (χ4n) is 9.43. The second-order valence-electron chi connectivity index (χ2n) is 21.5. The average Bonchev–Trinajstić information content (AvgIpc) is 3.51. The van der Waals surface area contributed by atoms with Crippen LogP contribution in [0.4, 0.5) is 0 Å². The molecule has 3 aliphatic heterocycles. The maximum Gasteiger partial charge on any atom is 0.245 e. The fourth-order valence-corrected chi connectivity index (χ4v) is 9.43. The summed E-state index contributed by atoms with van der Waals surface area (Å²) in [6.07, 6.45) is -6.50. The number of nitrogens with zero attached hydrogens (tertiary/aromatic N) is 1. The Kier molecular flexibility index (Phi) is 37.1. The van der Waals surface area contributed by atoms with E-state index in [2.05, 4.69) is 28.2 Å². The molecular formula is C55H101N5O22. The van der Waals surface area contributed by atoms with Crippen LogP contribution in [0.15, 0.2) is 0 Å². The van der Waals surface area contributed by atoms with Gasteiger partial charge in [-0.05, 0) is 64.2 Å². The Morgan fingerprint density at radius 1 is 0.451 bits per heavy atom. The van der Waals surface area contributed by atoms with E-state index in [1.54, 1.807) is 20.8 Å². The van der Waals surface area contributed by atoms with E-state index >= 15 is 0 Å². The molecule has 3 heterocycles. The molecule has 0 spiro atoms. The van der Waals surface area contributed by atoms with Gasteiger partial charge in [-0.1, -0.05) is 34.1 Å². The Morgan fingerprint density at radius 3 is 1.23 bits per heavy atom. The van der Waals surface area contributed by atoms with Crippen molar-refractivity contribution < 1.29 is 108 Å². The number of unbranched alkanes of at least 4 members (excludes halogenated alkanes) is 5. The molecule has 16 unspecified atom stereocenters. The van der Waals surface area contributed by atoms with Crippen molar-refractivity contribution in [1.29, 1.82) is 0 Å². The first kappa shape index (κ1) is 72.9. The third-order valence-electron chi connectivity index (χ3n) is 14.9. The monoisotopic (exact) mass is 1180 g/mol. The molecule has 27 nitrogen and oxygen atoms in total. The maximum absolute atomic E-state index is 14.5. The lowest BCUT2D eigenvalue weighted by Gasteiger charge is -2.40. The molecule has 5 amide bonds. The molecule has 0 aromatic heterocycles. The third-order valence-corrected chi connectivity index (χ3v) is 14.9. The highest BCUT2D eigenvalue weighted by Crippen LogP contribution is 2.29. The molecule has 0 aromatic rings. The molecule has 3 saturated heterocycles. The fraction of sp³-hybridized carbons (Fsp3) is 0.909. The van der Waals surface area contributed by atoms with E-state index < -0.39 is 129 Å². The van der Waals surface area contributed by atoms with Gasteiger partial charge in [0.2, 0.25) is 29.5 Å². The van der Waals surface area contributed by atoms with E-state index in [1.165, 1.54) is 4.90 Å². The van der Waals surface area contributed by atoms with Crippen molar-refractivity contribution in [2.75, 3.05) is 98.8 Å². The molecule has 13 N–H and O–H groups in total. The van der Waals surface area contributed by atoms with E-state index in [-0.39, 0.29) is 109 Å². The van der Waals surface area contributed by atoms with Crippen LogP contribution in [-0.4, -0.2) is 259 Å². The zero-order valence-corrected chi connectivity index (χ0v) is 48.7. The Balaban J connectivity index is 1.57. The van der Waals surface area contributed by atoms with Crippen molar-refractivity contribution >= 4 is 29.5 Å².